The number of hydrogen-bond donors (Lipinski definition) is 1. The number of benzene rings is 1. The third-order valence-electron chi connectivity index (χ3n) is 4.40. The fourth-order valence-corrected chi connectivity index (χ4v) is 3.43. The van der Waals surface area contributed by atoms with Crippen molar-refractivity contribution in [3.05, 3.63) is 42.0 Å². The third kappa shape index (κ3) is 2.36. The molecule has 2 fully saturated rings. The highest BCUT2D eigenvalue weighted by atomic mass is 16.5. The SMILES string of the molecule is ON1C(/C=C/c2ccccc2)CC2CCCCC21. The minimum atomic E-state index is 0.207. The molecule has 1 aromatic carbocycles. The molecule has 3 atom stereocenters. The molecular weight excluding hydrogens is 222 g/mol. The van der Waals surface area contributed by atoms with Crippen LogP contribution in [0.5, 0.6) is 0 Å². The summed E-state index contributed by atoms with van der Waals surface area (Å²) in [4.78, 5) is 0. The van der Waals surface area contributed by atoms with E-state index in [1.165, 1.54) is 24.8 Å². The van der Waals surface area contributed by atoms with Gasteiger partial charge in [0.15, 0.2) is 0 Å². The van der Waals surface area contributed by atoms with Crippen LogP contribution in [0.15, 0.2) is 36.4 Å². The van der Waals surface area contributed by atoms with Crippen molar-refractivity contribution in [1.82, 2.24) is 5.06 Å². The van der Waals surface area contributed by atoms with Gasteiger partial charge in [0.05, 0.1) is 6.04 Å². The summed E-state index contributed by atoms with van der Waals surface area (Å²) in [5, 5.41) is 11.9. The number of fused-ring (bicyclic) bond motifs is 1. The van der Waals surface area contributed by atoms with Crippen LogP contribution in [0.3, 0.4) is 0 Å². The molecule has 0 bridgehead atoms. The minimum absolute atomic E-state index is 0.207. The molecule has 0 amide bonds. The van der Waals surface area contributed by atoms with Crippen molar-refractivity contribution < 1.29 is 5.21 Å². The Kier molecular flexibility index (Phi) is 3.48. The van der Waals surface area contributed by atoms with Crippen LogP contribution in [0.2, 0.25) is 0 Å². The molecule has 1 aromatic rings. The standard InChI is InChI=1S/C16H21NO/c18-17-15(11-10-13-6-2-1-3-7-13)12-14-8-4-5-9-16(14)17/h1-3,6-7,10-11,14-16,18H,4-5,8-9,12H2/b11-10+. The Morgan fingerprint density at radius 2 is 1.89 bits per heavy atom. The maximum absolute atomic E-state index is 10.2. The Bertz CT molecular complexity index is 414. The van der Waals surface area contributed by atoms with Crippen LogP contribution in [-0.4, -0.2) is 22.4 Å². The maximum atomic E-state index is 10.2. The molecule has 0 radical (unpaired) electrons. The van der Waals surface area contributed by atoms with Crippen LogP contribution in [0, 0.1) is 5.92 Å². The molecule has 1 aliphatic carbocycles. The Morgan fingerprint density at radius 1 is 1.11 bits per heavy atom. The van der Waals surface area contributed by atoms with Crippen molar-refractivity contribution in [2.75, 3.05) is 0 Å². The van der Waals surface area contributed by atoms with E-state index >= 15 is 0 Å². The second-order valence-electron chi connectivity index (χ2n) is 5.56. The van der Waals surface area contributed by atoms with Gasteiger partial charge < -0.3 is 5.21 Å². The lowest BCUT2D eigenvalue weighted by Gasteiger charge is -2.28. The Balaban J connectivity index is 1.68. The molecule has 3 unspecified atom stereocenters. The van der Waals surface area contributed by atoms with E-state index in [1.54, 1.807) is 5.06 Å². The normalized spacial score (nSPS) is 32.8. The summed E-state index contributed by atoms with van der Waals surface area (Å²) in [5.74, 6) is 0.703. The van der Waals surface area contributed by atoms with Gasteiger partial charge in [0.1, 0.15) is 0 Å². The zero-order valence-corrected chi connectivity index (χ0v) is 10.7. The summed E-state index contributed by atoms with van der Waals surface area (Å²) < 4.78 is 0. The lowest BCUT2D eigenvalue weighted by molar-refractivity contribution is -0.131. The molecule has 96 valence electrons. The van der Waals surface area contributed by atoms with Gasteiger partial charge in [-0.05, 0) is 30.7 Å². The second-order valence-corrected chi connectivity index (χ2v) is 5.56. The van der Waals surface area contributed by atoms with E-state index in [4.69, 9.17) is 0 Å². The van der Waals surface area contributed by atoms with Crippen molar-refractivity contribution in [1.29, 1.82) is 0 Å². The molecule has 2 nitrogen and oxygen atoms in total. The predicted octanol–water partition coefficient (Wildman–Crippen LogP) is 3.72. The molecule has 0 aromatic heterocycles. The van der Waals surface area contributed by atoms with Crippen LogP contribution in [0.1, 0.15) is 37.7 Å². The van der Waals surface area contributed by atoms with Gasteiger partial charge >= 0.3 is 0 Å². The molecule has 18 heavy (non-hydrogen) atoms. The van der Waals surface area contributed by atoms with E-state index in [-0.39, 0.29) is 6.04 Å². The summed E-state index contributed by atoms with van der Waals surface area (Å²) in [6, 6.07) is 10.9. The Labute approximate surface area is 109 Å². The summed E-state index contributed by atoms with van der Waals surface area (Å²) in [7, 11) is 0. The van der Waals surface area contributed by atoms with Gasteiger partial charge in [-0.2, -0.15) is 5.06 Å². The Hall–Kier alpha value is -1.12. The molecule has 1 saturated heterocycles. The number of hydrogen-bond acceptors (Lipinski definition) is 2. The van der Waals surface area contributed by atoms with Crippen LogP contribution >= 0.6 is 0 Å². The lowest BCUT2D eigenvalue weighted by Crippen LogP contribution is -2.35. The van der Waals surface area contributed by atoms with E-state index in [2.05, 4.69) is 24.3 Å². The van der Waals surface area contributed by atoms with Gasteiger partial charge in [0.2, 0.25) is 0 Å². The highest BCUT2D eigenvalue weighted by Gasteiger charge is 2.40. The highest BCUT2D eigenvalue weighted by Crippen LogP contribution is 2.38. The van der Waals surface area contributed by atoms with E-state index in [9.17, 15) is 5.21 Å². The van der Waals surface area contributed by atoms with Gasteiger partial charge in [-0.3, -0.25) is 0 Å². The second kappa shape index (κ2) is 5.25. The van der Waals surface area contributed by atoms with Crippen molar-refractivity contribution in [3.63, 3.8) is 0 Å². The monoisotopic (exact) mass is 243 g/mol. The average Bonchev–Trinajstić information content (AvgIpc) is 2.75. The number of rotatable bonds is 2. The van der Waals surface area contributed by atoms with Gasteiger partial charge in [0, 0.05) is 6.04 Å². The predicted molar refractivity (Wildman–Crippen MR) is 73.3 cm³/mol. The molecule has 1 aliphatic heterocycles. The van der Waals surface area contributed by atoms with Gasteiger partial charge in [0.25, 0.3) is 0 Å². The molecule has 1 heterocycles. The molecule has 0 spiro atoms. The molecule has 1 saturated carbocycles. The van der Waals surface area contributed by atoms with Crippen molar-refractivity contribution in [2.24, 2.45) is 5.92 Å². The molecule has 1 N–H and O–H groups in total. The smallest absolute Gasteiger partial charge is 0.0540 e. The average molecular weight is 243 g/mol. The zero-order chi connectivity index (χ0) is 12.4. The van der Waals surface area contributed by atoms with Gasteiger partial charge in [-0.25, -0.2) is 0 Å². The van der Waals surface area contributed by atoms with Gasteiger partial charge in [-0.15, -0.1) is 0 Å². The van der Waals surface area contributed by atoms with Crippen LogP contribution < -0.4 is 0 Å². The summed E-state index contributed by atoms with van der Waals surface area (Å²) in [6.07, 6.45) is 10.5. The summed E-state index contributed by atoms with van der Waals surface area (Å²) in [5.41, 5.74) is 1.21. The maximum Gasteiger partial charge on any atom is 0.0540 e. The topological polar surface area (TPSA) is 23.5 Å². The summed E-state index contributed by atoms with van der Waals surface area (Å²) in [6.45, 7) is 0. The van der Waals surface area contributed by atoms with Crippen LogP contribution in [0.25, 0.3) is 6.08 Å². The van der Waals surface area contributed by atoms with Gasteiger partial charge in [-0.1, -0.05) is 55.3 Å². The van der Waals surface area contributed by atoms with E-state index < -0.39 is 0 Å². The molecular formula is C16H21NO. The fourth-order valence-electron chi connectivity index (χ4n) is 3.43. The number of hydroxylamine groups is 2. The van der Waals surface area contributed by atoms with Crippen molar-refractivity contribution >= 4 is 6.08 Å². The molecule has 3 rings (SSSR count). The van der Waals surface area contributed by atoms with Crippen LogP contribution in [0.4, 0.5) is 0 Å². The molecule has 2 aliphatic rings. The van der Waals surface area contributed by atoms with E-state index in [0.29, 0.717) is 12.0 Å². The fraction of sp³-hybridized carbons (Fsp3) is 0.500. The van der Waals surface area contributed by atoms with Crippen LogP contribution in [-0.2, 0) is 0 Å². The quantitative estimate of drug-likeness (QED) is 0.855. The first-order valence-corrected chi connectivity index (χ1v) is 7.05. The largest absolute Gasteiger partial charge is 0.313 e. The first kappa shape index (κ1) is 11.9. The Morgan fingerprint density at radius 3 is 2.67 bits per heavy atom. The van der Waals surface area contributed by atoms with E-state index in [1.807, 2.05) is 18.2 Å². The van der Waals surface area contributed by atoms with E-state index in [0.717, 1.165) is 12.8 Å². The third-order valence-corrected chi connectivity index (χ3v) is 4.40. The zero-order valence-electron chi connectivity index (χ0n) is 10.7. The number of nitrogens with zero attached hydrogens (tertiary/aromatic N) is 1. The summed E-state index contributed by atoms with van der Waals surface area (Å²) >= 11 is 0. The van der Waals surface area contributed by atoms with Crippen molar-refractivity contribution in [2.45, 2.75) is 44.2 Å². The minimum Gasteiger partial charge on any atom is -0.313 e. The first-order chi connectivity index (χ1) is 8.84. The highest BCUT2D eigenvalue weighted by molar-refractivity contribution is 5.49. The molecule has 2 heteroatoms. The lowest BCUT2D eigenvalue weighted by atomic mass is 9.85. The van der Waals surface area contributed by atoms with Crippen molar-refractivity contribution in [3.8, 4) is 0 Å². The first-order valence-electron chi connectivity index (χ1n) is 7.05.